The van der Waals surface area contributed by atoms with E-state index in [1.54, 1.807) is 0 Å². The van der Waals surface area contributed by atoms with Gasteiger partial charge in [-0.1, -0.05) is 462 Å². The summed E-state index contributed by atoms with van der Waals surface area (Å²) in [7, 11) is 0. The lowest BCUT2D eigenvalue weighted by atomic mass is 10.2. The Balaban J connectivity index is -0.0000000385. The summed E-state index contributed by atoms with van der Waals surface area (Å²) in [5.41, 5.74) is 0. The van der Waals surface area contributed by atoms with Crippen LogP contribution in [0.4, 0.5) is 0 Å². The van der Waals surface area contributed by atoms with Crippen molar-refractivity contribution in [3.63, 3.8) is 0 Å². The molecule has 0 rings (SSSR count). The molecule has 0 aromatic heterocycles. The first-order chi connectivity index (χ1) is 38.6. The number of hydrogen-bond donors (Lipinski definition) is 0. The third-order valence-corrected chi connectivity index (χ3v) is 13.9. The molecule has 0 aliphatic rings. The Morgan fingerprint density at radius 2 is 0.0941 bits per heavy atom. The molecule has 85 heavy (non-hydrogen) atoms. The van der Waals surface area contributed by atoms with Gasteiger partial charge in [-0.2, -0.15) is 0 Å². The number of hydrogen-bond acceptors (Lipinski definition) is 0. The van der Waals surface area contributed by atoms with Crippen LogP contribution in [0.5, 0.6) is 0 Å². The van der Waals surface area contributed by atoms with E-state index in [1.165, 1.54) is 109 Å². The van der Waals surface area contributed by atoms with Gasteiger partial charge in [-0.05, 0) is 101 Å². The van der Waals surface area contributed by atoms with Crippen molar-refractivity contribution in [3.8, 4) is 0 Å². The maximum Gasteiger partial charge on any atom is -0.0474 e. The molecule has 0 nitrogen and oxygen atoms in total. The summed E-state index contributed by atoms with van der Waals surface area (Å²) in [5, 5.41) is 0. The average Bonchev–Trinajstić information content (AvgIpc) is 3.44. The van der Waals surface area contributed by atoms with E-state index in [4.69, 9.17) is 0 Å². The highest BCUT2D eigenvalue weighted by Gasteiger charge is 1.87. The van der Waals surface area contributed by atoms with E-state index in [0.717, 1.165) is 101 Å². The van der Waals surface area contributed by atoms with E-state index in [0.29, 0.717) is 0 Å². The molecule has 0 aromatic carbocycles. The van der Waals surface area contributed by atoms with E-state index in [-0.39, 0.29) is 0 Å². The molecule has 0 aromatic rings. The lowest BCUT2D eigenvalue weighted by Crippen LogP contribution is -1.77. The Morgan fingerprint density at radius 1 is 0.0824 bits per heavy atom. The van der Waals surface area contributed by atoms with Crippen LogP contribution < -0.4 is 0 Å². The van der Waals surface area contributed by atoms with Crippen molar-refractivity contribution in [2.75, 3.05) is 0 Å². The van der Waals surface area contributed by atoms with Gasteiger partial charge in [0.2, 0.25) is 0 Å². The van der Waals surface area contributed by atoms with Gasteiger partial charge in [0.05, 0.1) is 0 Å². The van der Waals surface area contributed by atoms with Crippen LogP contribution in [0.2, 0.25) is 0 Å². The number of rotatable bonds is 17. The van der Waals surface area contributed by atoms with Crippen molar-refractivity contribution in [2.24, 2.45) is 101 Å². The molecule has 0 amide bonds. The van der Waals surface area contributed by atoms with Gasteiger partial charge in [0.15, 0.2) is 0 Å². The summed E-state index contributed by atoms with van der Waals surface area (Å²) in [6, 6.07) is 0. The molecule has 0 heteroatoms. The van der Waals surface area contributed by atoms with Crippen LogP contribution in [0.25, 0.3) is 0 Å². The predicted molar refractivity (Wildman–Crippen MR) is 427 cm³/mol. The Morgan fingerprint density at radius 3 is 0.0941 bits per heavy atom. The van der Waals surface area contributed by atoms with Gasteiger partial charge in [0, 0.05) is 0 Å². The lowest BCUT2D eigenvalue weighted by Gasteiger charge is -1.90. The first-order valence-corrected chi connectivity index (χ1v) is 38.6. The molecule has 0 fully saturated rings. The zero-order valence-electron chi connectivity index (χ0n) is 72.8. The lowest BCUT2D eigenvalue weighted by molar-refractivity contribution is 0.626. The second-order valence-electron chi connectivity index (χ2n) is 30.6. The normalized spacial score (nSPS) is 9.60. The summed E-state index contributed by atoms with van der Waals surface area (Å²) in [4.78, 5) is 0. The molecular formula is C85H204. The average molecular weight is 1230 g/mol. The molecule has 0 aliphatic carbocycles. The SMILES string of the molecule is CCC(C)C.CCC(C)C.CCC(C)C.CCC(C)C.CCC(C)C.CCC(C)C.CCC(C)C.CCC(C)C.CCC(C)C.CCC(C)C.CCC(C)C.CCC(C)C.CCC(C)C.CCC(C)C.CCC(C)C.CCC(C)C.CCC(C)C. The van der Waals surface area contributed by atoms with Crippen molar-refractivity contribution in [3.05, 3.63) is 0 Å². The third-order valence-electron chi connectivity index (χ3n) is 13.9. The summed E-state index contributed by atoms with van der Waals surface area (Å²) < 4.78 is 0. The van der Waals surface area contributed by atoms with Crippen LogP contribution in [-0.2, 0) is 0 Å². The Bertz CT molecular complexity index is 516. The topological polar surface area (TPSA) is 0 Å². The molecule has 0 unspecified atom stereocenters. The fraction of sp³-hybridized carbons (Fsp3) is 1.00. The molecule has 0 heterocycles. The Hall–Kier alpha value is 0. The molecule has 0 spiro atoms. The van der Waals surface area contributed by atoms with Gasteiger partial charge in [-0.25, -0.2) is 0 Å². The first-order valence-electron chi connectivity index (χ1n) is 38.6. The standard InChI is InChI=1S/17C5H12/c17*1-4-5(2)3/h17*5H,4H2,1-3H3. The van der Waals surface area contributed by atoms with Gasteiger partial charge in [0.25, 0.3) is 0 Å². The minimum atomic E-state index is 0.884. The minimum Gasteiger partial charge on any atom is -0.0651 e. The molecule has 0 saturated heterocycles. The van der Waals surface area contributed by atoms with Crippen molar-refractivity contribution in [2.45, 2.75) is 462 Å². The van der Waals surface area contributed by atoms with Crippen LogP contribution in [0.1, 0.15) is 462 Å². The molecule has 0 bridgehead atoms. The quantitative estimate of drug-likeness (QED) is 0.136. The monoisotopic (exact) mass is 1230 g/mol. The Kier molecular flexibility index (Phi) is 191. The van der Waals surface area contributed by atoms with Crippen LogP contribution in [-0.4, -0.2) is 0 Å². The van der Waals surface area contributed by atoms with Crippen molar-refractivity contribution in [1.82, 2.24) is 0 Å². The molecule has 0 atom stereocenters. The van der Waals surface area contributed by atoms with E-state index < -0.39 is 0 Å². The van der Waals surface area contributed by atoms with E-state index in [1.807, 2.05) is 0 Å². The largest absolute Gasteiger partial charge is 0.0651 e. The van der Waals surface area contributed by atoms with E-state index >= 15 is 0 Å². The van der Waals surface area contributed by atoms with Crippen LogP contribution in [0.15, 0.2) is 0 Å². The van der Waals surface area contributed by atoms with Crippen LogP contribution >= 0.6 is 0 Å². The third kappa shape index (κ3) is 489. The fourth-order valence-electron chi connectivity index (χ4n) is 0. The minimum absolute atomic E-state index is 0.884. The highest BCUT2D eigenvalue weighted by Crippen LogP contribution is 2.01. The molecule has 0 saturated carbocycles. The van der Waals surface area contributed by atoms with Gasteiger partial charge < -0.3 is 0 Å². The van der Waals surface area contributed by atoms with Gasteiger partial charge in [-0.3, -0.25) is 0 Å². The second-order valence-corrected chi connectivity index (χ2v) is 30.6. The van der Waals surface area contributed by atoms with Crippen molar-refractivity contribution >= 4 is 0 Å². The summed E-state index contributed by atoms with van der Waals surface area (Å²) in [6.45, 7) is 113. The van der Waals surface area contributed by atoms with E-state index in [2.05, 4.69) is 353 Å². The van der Waals surface area contributed by atoms with E-state index in [9.17, 15) is 0 Å². The maximum atomic E-state index is 2.22. The zero-order valence-corrected chi connectivity index (χ0v) is 72.8. The highest BCUT2D eigenvalue weighted by atomic mass is 13.9. The fourth-order valence-corrected chi connectivity index (χ4v) is 0. The van der Waals surface area contributed by atoms with Crippen molar-refractivity contribution in [1.29, 1.82) is 0 Å². The molecule has 0 radical (unpaired) electrons. The summed E-state index contributed by atoms with van der Waals surface area (Å²) in [5.74, 6) is 15.0. The molecule has 0 N–H and O–H groups in total. The maximum absolute atomic E-state index is 2.22. The predicted octanol–water partition coefficient (Wildman–Crippen LogP) is 34.9. The molecule has 0 aliphatic heterocycles. The van der Waals surface area contributed by atoms with Gasteiger partial charge >= 0.3 is 0 Å². The van der Waals surface area contributed by atoms with Crippen molar-refractivity contribution < 1.29 is 0 Å². The molecule has 544 valence electrons. The zero-order chi connectivity index (χ0) is 72.8. The van der Waals surface area contributed by atoms with Crippen LogP contribution in [0.3, 0.4) is 0 Å². The molecular weight excluding hydrogens is 1020 g/mol. The second kappa shape index (κ2) is 125. The highest BCUT2D eigenvalue weighted by molar-refractivity contribution is 4.40. The smallest absolute Gasteiger partial charge is 0.0474 e. The summed E-state index contributed by atoms with van der Waals surface area (Å²) >= 11 is 0. The van der Waals surface area contributed by atoms with Gasteiger partial charge in [-0.15, -0.1) is 0 Å². The Labute approximate surface area is 559 Å². The van der Waals surface area contributed by atoms with Gasteiger partial charge in [0.1, 0.15) is 0 Å². The first kappa shape index (κ1) is 130. The summed E-state index contributed by atoms with van der Waals surface area (Å²) in [6.07, 6.45) is 22.2. The van der Waals surface area contributed by atoms with Crippen LogP contribution in [0, 0.1) is 101 Å².